The first-order valence-corrected chi connectivity index (χ1v) is 5.68. The van der Waals surface area contributed by atoms with Crippen molar-refractivity contribution in [2.75, 3.05) is 31.2 Å². The molecular formula is C11H12ClN3O. The summed E-state index contributed by atoms with van der Waals surface area (Å²) in [6.45, 7) is 3.29. The molecule has 0 spiro atoms. The lowest BCUT2D eigenvalue weighted by atomic mass is 10.3. The maximum atomic E-state index is 6.10. The summed E-state index contributed by atoms with van der Waals surface area (Å²) in [6.07, 6.45) is 1.79. The summed E-state index contributed by atoms with van der Waals surface area (Å²) in [5, 5.41) is 5.06. The third-order valence-electron chi connectivity index (χ3n) is 2.78. The van der Waals surface area contributed by atoms with E-state index in [0.717, 1.165) is 42.7 Å². The average molecular weight is 238 g/mol. The van der Waals surface area contributed by atoms with Crippen molar-refractivity contribution in [2.24, 2.45) is 0 Å². The maximum Gasteiger partial charge on any atom is 0.132 e. The van der Waals surface area contributed by atoms with Gasteiger partial charge >= 0.3 is 0 Å². The van der Waals surface area contributed by atoms with Gasteiger partial charge in [-0.1, -0.05) is 11.6 Å². The molecule has 2 aromatic heterocycles. The molecule has 0 unspecified atom stereocenters. The number of hydrogen-bond donors (Lipinski definition) is 0. The van der Waals surface area contributed by atoms with Crippen LogP contribution in [0.4, 0.5) is 5.82 Å². The van der Waals surface area contributed by atoms with Gasteiger partial charge in [-0.3, -0.25) is 0 Å². The summed E-state index contributed by atoms with van der Waals surface area (Å²) in [5.74, 6) is 1.04. The van der Waals surface area contributed by atoms with Crippen molar-refractivity contribution < 1.29 is 4.74 Å². The molecule has 0 saturated carbocycles. The van der Waals surface area contributed by atoms with Crippen LogP contribution in [0.5, 0.6) is 0 Å². The minimum absolute atomic E-state index is 0.745. The van der Waals surface area contributed by atoms with Crippen LogP contribution >= 0.6 is 11.6 Å². The van der Waals surface area contributed by atoms with Crippen molar-refractivity contribution in [1.82, 2.24) is 9.61 Å². The number of rotatable bonds is 1. The summed E-state index contributed by atoms with van der Waals surface area (Å²) in [4.78, 5) is 2.25. The number of anilines is 1. The van der Waals surface area contributed by atoms with E-state index in [2.05, 4.69) is 10.00 Å². The SMILES string of the molecule is Clc1cc(N2CCOCC2)n2nccc2c1. The minimum Gasteiger partial charge on any atom is -0.378 e. The summed E-state index contributed by atoms with van der Waals surface area (Å²) < 4.78 is 7.25. The molecule has 4 nitrogen and oxygen atoms in total. The molecule has 1 aliphatic rings. The van der Waals surface area contributed by atoms with Crippen LogP contribution in [-0.4, -0.2) is 35.9 Å². The molecule has 0 radical (unpaired) electrons. The summed E-state index contributed by atoms with van der Waals surface area (Å²) in [7, 11) is 0. The molecule has 5 heteroatoms. The first-order chi connectivity index (χ1) is 7.84. The number of ether oxygens (including phenoxy) is 1. The van der Waals surface area contributed by atoms with Gasteiger partial charge in [-0.2, -0.15) is 5.10 Å². The van der Waals surface area contributed by atoms with Crippen LogP contribution in [-0.2, 0) is 4.74 Å². The van der Waals surface area contributed by atoms with Crippen LogP contribution in [0.3, 0.4) is 0 Å². The normalized spacial score (nSPS) is 16.9. The highest BCUT2D eigenvalue weighted by Gasteiger charge is 2.15. The number of pyridine rings is 1. The highest BCUT2D eigenvalue weighted by molar-refractivity contribution is 6.31. The summed E-state index contributed by atoms with van der Waals surface area (Å²) in [5.41, 5.74) is 1.02. The van der Waals surface area contributed by atoms with Crippen LogP contribution in [0.2, 0.25) is 5.02 Å². The van der Waals surface area contributed by atoms with Gasteiger partial charge in [-0.05, 0) is 18.2 Å². The highest BCUT2D eigenvalue weighted by Crippen LogP contribution is 2.23. The third kappa shape index (κ3) is 1.64. The van der Waals surface area contributed by atoms with E-state index in [-0.39, 0.29) is 0 Å². The Labute approximate surface area is 98.4 Å². The fraction of sp³-hybridized carbons (Fsp3) is 0.364. The molecular weight excluding hydrogens is 226 g/mol. The second-order valence-corrected chi connectivity index (χ2v) is 4.24. The van der Waals surface area contributed by atoms with Crippen LogP contribution in [0.1, 0.15) is 0 Å². The van der Waals surface area contributed by atoms with Gasteiger partial charge in [0.2, 0.25) is 0 Å². The quantitative estimate of drug-likeness (QED) is 0.758. The third-order valence-corrected chi connectivity index (χ3v) is 3.00. The predicted molar refractivity (Wildman–Crippen MR) is 63.2 cm³/mol. The second kappa shape index (κ2) is 3.96. The molecule has 0 atom stereocenters. The highest BCUT2D eigenvalue weighted by atomic mass is 35.5. The molecule has 1 fully saturated rings. The van der Waals surface area contributed by atoms with Crippen LogP contribution in [0, 0.1) is 0 Å². The van der Waals surface area contributed by atoms with Gasteiger partial charge < -0.3 is 9.64 Å². The average Bonchev–Trinajstić information content (AvgIpc) is 2.77. The Bertz CT molecular complexity index is 505. The lowest BCUT2D eigenvalue weighted by Crippen LogP contribution is -2.37. The van der Waals surface area contributed by atoms with Crippen molar-refractivity contribution in [3.63, 3.8) is 0 Å². The van der Waals surface area contributed by atoms with Gasteiger partial charge in [0.15, 0.2) is 0 Å². The zero-order chi connectivity index (χ0) is 11.0. The molecule has 3 rings (SSSR count). The number of aromatic nitrogens is 2. The number of nitrogens with zero attached hydrogens (tertiary/aromatic N) is 3. The first-order valence-electron chi connectivity index (χ1n) is 5.30. The Morgan fingerprint density at radius 3 is 2.88 bits per heavy atom. The maximum absolute atomic E-state index is 6.10. The Kier molecular flexibility index (Phi) is 2.46. The van der Waals surface area contributed by atoms with Crippen molar-refractivity contribution in [1.29, 1.82) is 0 Å². The van der Waals surface area contributed by atoms with E-state index in [1.165, 1.54) is 0 Å². The fourth-order valence-corrected chi connectivity index (χ4v) is 2.21. The first kappa shape index (κ1) is 9.93. The van der Waals surface area contributed by atoms with Gasteiger partial charge in [0.1, 0.15) is 5.82 Å². The number of fused-ring (bicyclic) bond motifs is 1. The van der Waals surface area contributed by atoms with Gasteiger partial charge in [0.25, 0.3) is 0 Å². The zero-order valence-electron chi connectivity index (χ0n) is 8.77. The van der Waals surface area contributed by atoms with Crippen molar-refractivity contribution in [3.8, 4) is 0 Å². The Morgan fingerprint density at radius 2 is 2.06 bits per heavy atom. The monoisotopic (exact) mass is 237 g/mol. The second-order valence-electron chi connectivity index (χ2n) is 3.80. The largest absolute Gasteiger partial charge is 0.378 e. The van der Waals surface area contributed by atoms with Crippen LogP contribution < -0.4 is 4.90 Å². The summed E-state index contributed by atoms with van der Waals surface area (Å²) in [6, 6.07) is 5.82. The topological polar surface area (TPSA) is 29.8 Å². The van der Waals surface area contributed by atoms with Crippen LogP contribution in [0.15, 0.2) is 24.4 Å². The molecule has 1 saturated heterocycles. The Balaban J connectivity index is 2.09. The van der Waals surface area contributed by atoms with E-state index in [9.17, 15) is 0 Å². The molecule has 0 aliphatic carbocycles. The molecule has 3 heterocycles. The zero-order valence-corrected chi connectivity index (χ0v) is 9.52. The standard InChI is InChI=1S/C11H12ClN3O/c12-9-7-10-1-2-13-15(10)11(8-9)14-3-5-16-6-4-14/h1-2,7-8H,3-6H2. The van der Waals surface area contributed by atoms with Gasteiger partial charge in [-0.15, -0.1) is 0 Å². The number of hydrogen-bond acceptors (Lipinski definition) is 3. The van der Waals surface area contributed by atoms with E-state index in [4.69, 9.17) is 16.3 Å². The van der Waals surface area contributed by atoms with E-state index in [0.29, 0.717) is 0 Å². The molecule has 0 amide bonds. The van der Waals surface area contributed by atoms with E-state index >= 15 is 0 Å². The van der Waals surface area contributed by atoms with Gasteiger partial charge in [0, 0.05) is 18.1 Å². The minimum atomic E-state index is 0.745. The van der Waals surface area contributed by atoms with Crippen molar-refractivity contribution >= 4 is 22.9 Å². The van der Waals surface area contributed by atoms with E-state index in [1.807, 2.05) is 22.7 Å². The molecule has 16 heavy (non-hydrogen) atoms. The van der Waals surface area contributed by atoms with E-state index < -0.39 is 0 Å². The molecule has 0 aromatic carbocycles. The van der Waals surface area contributed by atoms with Crippen molar-refractivity contribution in [3.05, 3.63) is 29.4 Å². The molecule has 84 valence electrons. The fourth-order valence-electron chi connectivity index (χ4n) is 2.00. The lowest BCUT2D eigenvalue weighted by molar-refractivity contribution is 0.122. The van der Waals surface area contributed by atoms with Crippen molar-refractivity contribution in [2.45, 2.75) is 0 Å². The predicted octanol–water partition coefficient (Wildman–Crippen LogP) is 1.82. The molecule has 1 aliphatic heterocycles. The number of morpholine rings is 1. The Morgan fingerprint density at radius 1 is 1.25 bits per heavy atom. The molecule has 2 aromatic rings. The number of halogens is 1. The van der Waals surface area contributed by atoms with Crippen LogP contribution in [0.25, 0.3) is 5.52 Å². The van der Waals surface area contributed by atoms with Gasteiger partial charge in [0.05, 0.1) is 24.9 Å². The lowest BCUT2D eigenvalue weighted by Gasteiger charge is -2.29. The van der Waals surface area contributed by atoms with Gasteiger partial charge in [-0.25, -0.2) is 4.52 Å². The summed E-state index contributed by atoms with van der Waals surface area (Å²) >= 11 is 6.10. The molecule has 0 bridgehead atoms. The molecule has 0 N–H and O–H groups in total. The smallest absolute Gasteiger partial charge is 0.132 e. The Hall–Kier alpha value is -1.26. The van der Waals surface area contributed by atoms with E-state index in [1.54, 1.807) is 6.20 Å².